The van der Waals surface area contributed by atoms with E-state index in [0.717, 1.165) is 30.6 Å². The molecular weight excluding hydrogens is 484 g/mol. The molecule has 40 heavy (non-hydrogen) atoms. The smallest absolute Gasteiger partial charge is 0.135 e. The maximum atomic E-state index is 6.52. The number of hydrogen-bond donors (Lipinski definition) is 0. The van der Waals surface area contributed by atoms with Crippen molar-refractivity contribution in [2.45, 2.75) is 59.3 Å². The second-order valence-electron chi connectivity index (χ2n) is 12.5. The number of allylic oxidation sites excluding steroid dienone is 6. The van der Waals surface area contributed by atoms with Crippen LogP contribution in [0.5, 0.6) is 0 Å². The van der Waals surface area contributed by atoms with Crippen molar-refractivity contribution in [3.05, 3.63) is 129 Å². The Balaban J connectivity index is 0.00000130. The molecule has 0 saturated carbocycles. The molecular formula is C39H38O. The monoisotopic (exact) mass is 522 g/mol. The number of para-hydroxylation sites is 1. The summed E-state index contributed by atoms with van der Waals surface area (Å²) in [4.78, 5) is 0. The molecule has 4 aromatic rings. The fraction of sp³-hybridized carbons (Fsp3) is 0.282. The van der Waals surface area contributed by atoms with Gasteiger partial charge in [-0.05, 0) is 81.3 Å². The van der Waals surface area contributed by atoms with Gasteiger partial charge in [0.15, 0.2) is 0 Å². The minimum atomic E-state index is 0.139. The van der Waals surface area contributed by atoms with Gasteiger partial charge >= 0.3 is 0 Å². The van der Waals surface area contributed by atoms with Gasteiger partial charge in [-0.15, -0.1) is 0 Å². The Morgan fingerprint density at radius 1 is 0.800 bits per heavy atom. The van der Waals surface area contributed by atoms with Crippen LogP contribution in [-0.4, -0.2) is 0 Å². The molecule has 0 aliphatic heterocycles. The third-order valence-corrected chi connectivity index (χ3v) is 9.14. The molecule has 1 heterocycles. The number of rotatable bonds is 2. The highest BCUT2D eigenvalue weighted by molar-refractivity contribution is 5.99. The lowest BCUT2D eigenvalue weighted by Crippen LogP contribution is -2.27. The second-order valence-corrected chi connectivity index (χ2v) is 12.5. The van der Waals surface area contributed by atoms with Gasteiger partial charge in [0.05, 0.1) is 0 Å². The van der Waals surface area contributed by atoms with Crippen molar-refractivity contribution in [2.75, 3.05) is 0 Å². The molecule has 0 amide bonds. The molecule has 4 aliphatic rings. The molecule has 1 nitrogen and oxygen atoms in total. The number of benzene rings is 3. The number of hydrogen-bond acceptors (Lipinski definition) is 1. The van der Waals surface area contributed by atoms with Crippen LogP contribution in [0.4, 0.5) is 0 Å². The van der Waals surface area contributed by atoms with Crippen molar-refractivity contribution < 1.29 is 4.42 Å². The molecule has 8 rings (SSSR count). The van der Waals surface area contributed by atoms with Crippen LogP contribution in [0, 0.1) is 11.8 Å². The van der Waals surface area contributed by atoms with E-state index < -0.39 is 0 Å². The van der Waals surface area contributed by atoms with E-state index in [4.69, 9.17) is 4.42 Å². The van der Waals surface area contributed by atoms with Gasteiger partial charge < -0.3 is 4.42 Å². The average Bonchev–Trinajstić information content (AvgIpc) is 3.60. The second kappa shape index (κ2) is 9.37. The maximum Gasteiger partial charge on any atom is 0.135 e. The zero-order valence-electron chi connectivity index (χ0n) is 24.3. The summed E-state index contributed by atoms with van der Waals surface area (Å²) in [6.07, 6.45) is 13.1. The van der Waals surface area contributed by atoms with Crippen molar-refractivity contribution in [1.29, 1.82) is 0 Å². The highest BCUT2D eigenvalue weighted by Gasteiger charge is 2.40. The lowest BCUT2D eigenvalue weighted by Gasteiger charge is -2.40. The van der Waals surface area contributed by atoms with Crippen LogP contribution in [0.15, 0.2) is 94.4 Å². The number of fused-ring (bicyclic) bond motifs is 2. The summed E-state index contributed by atoms with van der Waals surface area (Å²) >= 11 is 0. The average molecular weight is 523 g/mol. The van der Waals surface area contributed by atoms with E-state index in [0.29, 0.717) is 11.8 Å². The van der Waals surface area contributed by atoms with Gasteiger partial charge in [-0.3, -0.25) is 0 Å². The Morgan fingerprint density at radius 3 is 2.40 bits per heavy atom. The molecule has 0 bridgehead atoms. The van der Waals surface area contributed by atoms with Gasteiger partial charge in [-0.2, -0.15) is 0 Å². The highest BCUT2D eigenvalue weighted by Crippen LogP contribution is 2.55. The Kier molecular flexibility index (Phi) is 5.89. The third-order valence-electron chi connectivity index (χ3n) is 9.14. The van der Waals surface area contributed by atoms with Crippen molar-refractivity contribution in [1.82, 2.24) is 0 Å². The molecule has 2 atom stereocenters. The summed E-state index contributed by atoms with van der Waals surface area (Å²) in [5, 5.41) is 1.18. The zero-order valence-corrected chi connectivity index (χ0v) is 24.3. The molecule has 1 heteroatoms. The van der Waals surface area contributed by atoms with Gasteiger partial charge in [-0.25, -0.2) is 0 Å². The molecule has 1 aromatic heterocycles. The van der Waals surface area contributed by atoms with Crippen molar-refractivity contribution in [3.63, 3.8) is 0 Å². The maximum absolute atomic E-state index is 6.52. The summed E-state index contributed by atoms with van der Waals surface area (Å²) in [7, 11) is 0. The van der Waals surface area contributed by atoms with Crippen molar-refractivity contribution >= 4 is 34.3 Å². The van der Waals surface area contributed by atoms with Crippen LogP contribution in [-0.2, 0) is 18.3 Å². The van der Waals surface area contributed by atoms with E-state index in [1.165, 1.54) is 55.5 Å². The van der Waals surface area contributed by atoms with E-state index in [-0.39, 0.29) is 5.41 Å². The van der Waals surface area contributed by atoms with Gasteiger partial charge in [0.2, 0.25) is 0 Å². The Labute approximate surface area is 238 Å². The van der Waals surface area contributed by atoms with Crippen LogP contribution in [0.25, 0.3) is 34.3 Å². The van der Waals surface area contributed by atoms with Gasteiger partial charge in [-0.1, -0.05) is 119 Å². The molecule has 0 spiro atoms. The molecule has 2 unspecified atom stereocenters. The molecule has 0 saturated heterocycles. The van der Waals surface area contributed by atoms with E-state index >= 15 is 0 Å². The third kappa shape index (κ3) is 3.90. The molecule has 0 fully saturated rings. The Morgan fingerprint density at radius 2 is 1.60 bits per heavy atom. The first-order chi connectivity index (χ1) is 19.4. The van der Waals surface area contributed by atoms with Gasteiger partial charge in [0.25, 0.3) is 0 Å². The summed E-state index contributed by atoms with van der Waals surface area (Å²) in [6.45, 7) is 11.0. The lowest BCUT2D eigenvalue weighted by atomic mass is 9.63. The van der Waals surface area contributed by atoms with Gasteiger partial charge in [0, 0.05) is 22.8 Å². The lowest BCUT2D eigenvalue weighted by molar-refractivity contribution is 0.584. The van der Waals surface area contributed by atoms with Gasteiger partial charge in [0.1, 0.15) is 11.3 Å². The molecule has 3 aromatic carbocycles. The zero-order chi connectivity index (χ0) is 27.6. The molecule has 0 radical (unpaired) electrons. The predicted molar refractivity (Wildman–Crippen MR) is 170 cm³/mol. The fourth-order valence-corrected chi connectivity index (χ4v) is 7.20. The predicted octanol–water partition coefficient (Wildman–Crippen LogP) is 10.5. The SMILES string of the molecule is CC.CC(C)(C)c1cc2c3c(c1)CCC1=C3C(C=C2)C(C2=Cc3ccccc3C2)C=C1c1cc2ccccc2o1. The normalized spacial score (nSPS) is 20.4. The Hall–Kier alpha value is -3.84. The first-order valence-corrected chi connectivity index (χ1v) is 15.0. The van der Waals surface area contributed by atoms with E-state index in [1.54, 1.807) is 5.57 Å². The first-order valence-electron chi connectivity index (χ1n) is 15.0. The van der Waals surface area contributed by atoms with E-state index in [1.807, 2.05) is 13.8 Å². The number of aryl methyl sites for hydroxylation is 1. The molecule has 200 valence electrons. The topological polar surface area (TPSA) is 13.1 Å². The standard InChI is InChI=1S/C37H32O.C2H6/c1-37(2,3)28-18-25-12-14-29-31(27-16-22-8-4-5-9-23(22)17-27)21-32(30-15-13-26(19-28)35(25)36(29)30)34-20-24-10-6-7-11-33(24)38-34;1-2/h4-12,14,16,18-21,29,31H,13,15,17H2,1-3H3;1-2H3. The Bertz CT molecular complexity index is 1740. The van der Waals surface area contributed by atoms with Crippen LogP contribution in [0.2, 0.25) is 0 Å². The first kappa shape index (κ1) is 25.1. The summed E-state index contributed by atoms with van der Waals surface area (Å²) in [6, 6.07) is 24.5. The minimum Gasteiger partial charge on any atom is -0.456 e. The van der Waals surface area contributed by atoms with E-state index in [9.17, 15) is 0 Å². The summed E-state index contributed by atoms with van der Waals surface area (Å²) in [5.74, 6) is 1.70. The van der Waals surface area contributed by atoms with Crippen molar-refractivity contribution in [2.24, 2.45) is 11.8 Å². The van der Waals surface area contributed by atoms with Crippen LogP contribution < -0.4 is 0 Å². The summed E-state index contributed by atoms with van der Waals surface area (Å²) < 4.78 is 6.52. The molecule has 0 N–H and O–H groups in total. The van der Waals surface area contributed by atoms with E-state index in [2.05, 4.69) is 112 Å². The van der Waals surface area contributed by atoms with Crippen LogP contribution >= 0.6 is 0 Å². The largest absolute Gasteiger partial charge is 0.456 e. The quantitative estimate of drug-likeness (QED) is 0.255. The fourth-order valence-electron chi connectivity index (χ4n) is 7.20. The highest BCUT2D eigenvalue weighted by atomic mass is 16.3. The molecule has 4 aliphatic carbocycles. The minimum absolute atomic E-state index is 0.139. The van der Waals surface area contributed by atoms with Crippen LogP contribution in [0.1, 0.15) is 80.2 Å². The summed E-state index contributed by atoms with van der Waals surface area (Å²) in [5.41, 5.74) is 15.6. The number of furan rings is 1. The van der Waals surface area contributed by atoms with Crippen LogP contribution in [0.3, 0.4) is 0 Å². The van der Waals surface area contributed by atoms with Crippen molar-refractivity contribution in [3.8, 4) is 0 Å².